The summed E-state index contributed by atoms with van der Waals surface area (Å²) in [5, 5.41) is 12.3. The number of benzene rings is 1. The van der Waals surface area contributed by atoms with Crippen molar-refractivity contribution in [2.75, 3.05) is 24.3 Å². The van der Waals surface area contributed by atoms with Gasteiger partial charge in [-0.2, -0.15) is 12.6 Å². The molecule has 2 unspecified atom stereocenters. The minimum atomic E-state index is -0.933. The van der Waals surface area contributed by atoms with E-state index in [1.165, 1.54) is 23.5 Å². The highest BCUT2D eigenvalue weighted by molar-refractivity contribution is 8.00. The molecule has 198 valence electrons. The average molecular weight is 546 g/mol. The van der Waals surface area contributed by atoms with Gasteiger partial charge in [-0.25, -0.2) is 4.79 Å². The molecule has 0 amide bonds. The minimum Gasteiger partial charge on any atom is -0.480 e. The largest absolute Gasteiger partial charge is 0.480 e. The van der Waals surface area contributed by atoms with Crippen LogP contribution in [-0.2, 0) is 35.4 Å². The number of thioether (sulfide) groups is 2. The van der Waals surface area contributed by atoms with E-state index in [0.717, 1.165) is 33.5 Å². The lowest BCUT2D eigenvalue weighted by Gasteiger charge is -2.26. The highest BCUT2D eigenvalue weighted by atomic mass is 32.2. The van der Waals surface area contributed by atoms with Crippen LogP contribution in [0.3, 0.4) is 0 Å². The summed E-state index contributed by atoms with van der Waals surface area (Å²) in [6.07, 6.45) is 0.374. The molecule has 0 bridgehead atoms. The normalized spacial score (nSPS) is 13.6. The number of carboxylic acid groups (broad SMARTS) is 1. The predicted octanol–water partition coefficient (Wildman–Crippen LogP) is 5.17. The number of ether oxygens (including phenoxy) is 2. The van der Waals surface area contributed by atoms with Gasteiger partial charge in [0, 0.05) is 17.2 Å². The summed E-state index contributed by atoms with van der Waals surface area (Å²) >= 11 is 7.19. The second-order valence-electron chi connectivity index (χ2n) is 8.17. The van der Waals surface area contributed by atoms with Gasteiger partial charge in [-0.3, -0.25) is 9.59 Å². The third-order valence-corrected chi connectivity index (χ3v) is 8.34. The van der Waals surface area contributed by atoms with Gasteiger partial charge in [0.1, 0.15) is 6.04 Å². The van der Waals surface area contributed by atoms with Gasteiger partial charge in [0.15, 0.2) is 0 Å². The summed E-state index contributed by atoms with van der Waals surface area (Å²) in [5.41, 5.74) is 5.88. The van der Waals surface area contributed by atoms with Crippen LogP contribution in [0, 0.1) is 20.8 Å². The van der Waals surface area contributed by atoms with Crippen molar-refractivity contribution in [3.8, 4) is 0 Å². The summed E-state index contributed by atoms with van der Waals surface area (Å²) < 4.78 is 10.3. The molecule has 1 aromatic carbocycles. The molecule has 0 aliphatic heterocycles. The monoisotopic (exact) mass is 545 g/mol. The first kappa shape index (κ1) is 31.5. The minimum absolute atomic E-state index is 0.253. The molecule has 0 saturated heterocycles. The molecular formula is C25H39NO6S3. The van der Waals surface area contributed by atoms with Gasteiger partial charge in [0.05, 0.1) is 23.7 Å². The van der Waals surface area contributed by atoms with Gasteiger partial charge in [-0.15, -0.1) is 23.5 Å². The fraction of sp³-hybridized carbons (Fsp3) is 0.640. The van der Waals surface area contributed by atoms with E-state index >= 15 is 0 Å². The average Bonchev–Trinajstić information content (AvgIpc) is 2.80. The highest BCUT2D eigenvalue weighted by Crippen LogP contribution is 2.37. The number of nitrogens with one attached hydrogen (secondary N) is 1. The first-order valence-electron chi connectivity index (χ1n) is 11.8. The molecule has 0 aromatic heterocycles. The summed E-state index contributed by atoms with van der Waals surface area (Å²) in [6.45, 7) is 13.9. The lowest BCUT2D eigenvalue weighted by molar-refractivity contribution is -0.143. The van der Waals surface area contributed by atoms with Crippen LogP contribution in [0.1, 0.15) is 61.9 Å². The van der Waals surface area contributed by atoms with Crippen molar-refractivity contribution in [3.05, 3.63) is 27.8 Å². The summed E-state index contributed by atoms with van der Waals surface area (Å²) in [7, 11) is 0. The summed E-state index contributed by atoms with van der Waals surface area (Å²) in [6, 6.07) is -0.773. The number of aliphatic carboxylic acids is 1. The molecule has 1 rings (SSSR count). The summed E-state index contributed by atoms with van der Waals surface area (Å²) in [4.78, 5) is 36.1. The molecule has 0 heterocycles. The van der Waals surface area contributed by atoms with Crippen LogP contribution in [-0.4, -0.2) is 58.5 Å². The Bertz CT molecular complexity index is 837. The molecule has 10 heteroatoms. The van der Waals surface area contributed by atoms with E-state index in [0.29, 0.717) is 36.9 Å². The number of esters is 2. The zero-order valence-electron chi connectivity index (χ0n) is 21.7. The van der Waals surface area contributed by atoms with Crippen molar-refractivity contribution < 1.29 is 29.0 Å². The first-order valence-corrected chi connectivity index (χ1v) is 14.5. The number of thiol groups is 1. The van der Waals surface area contributed by atoms with E-state index in [-0.39, 0.29) is 22.4 Å². The maximum absolute atomic E-state index is 12.1. The Morgan fingerprint density at radius 3 is 1.66 bits per heavy atom. The molecule has 0 radical (unpaired) electrons. The van der Waals surface area contributed by atoms with Crippen LogP contribution < -0.4 is 5.32 Å². The fourth-order valence-electron chi connectivity index (χ4n) is 3.61. The van der Waals surface area contributed by atoms with Crippen LogP contribution in [0.5, 0.6) is 0 Å². The molecule has 2 N–H and O–H groups in total. The number of carbonyl (C=O) groups excluding carboxylic acids is 2. The van der Waals surface area contributed by atoms with Crippen LogP contribution in [0.25, 0.3) is 0 Å². The van der Waals surface area contributed by atoms with Crippen molar-refractivity contribution >= 4 is 59.7 Å². The molecule has 1 aromatic rings. The molecule has 0 aliphatic carbocycles. The Morgan fingerprint density at radius 1 is 0.886 bits per heavy atom. The van der Waals surface area contributed by atoms with E-state index in [1.807, 2.05) is 34.6 Å². The van der Waals surface area contributed by atoms with Crippen molar-refractivity contribution in [2.45, 2.75) is 82.9 Å². The van der Waals surface area contributed by atoms with E-state index in [1.54, 1.807) is 13.8 Å². The number of hydrogen-bond acceptors (Lipinski definition) is 9. The van der Waals surface area contributed by atoms with E-state index in [9.17, 15) is 19.5 Å². The Labute approximate surface area is 223 Å². The molecule has 35 heavy (non-hydrogen) atoms. The van der Waals surface area contributed by atoms with E-state index in [4.69, 9.17) is 9.47 Å². The van der Waals surface area contributed by atoms with Gasteiger partial charge in [0.2, 0.25) is 0 Å². The molecule has 0 fully saturated rings. The van der Waals surface area contributed by atoms with Crippen LogP contribution in [0.2, 0.25) is 0 Å². The van der Waals surface area contributed by atoms with Gasteiger partial charge < -0.3 is 19.9 Å². The number of hydrogen-bond donors (Lipinski definition) is 3. The Hall–Kier alpha value is -1.52. The highest BCUT2D eigenvalue weighted by Gasteiger charge is 2.25. The fourth-order valence-corrected chi connectivity index (χ4v) is 5.98. The van der Waals surface area contributed by atoms with Crippen LogP contribution >= 0.6 is 36.2 Å². The Balaban J connectivity index is 3.40. The van der Waals surface area contributed by atoms with Gasteiger partial charge in [-0.1, -0.05) is 0 Å². The third-order valence-electron chi connectivity index (χ3n) is 5.79. The van der Waals surface area contributed by atoms with Gasteiger partial charge in [-0.05, 0) is 88.5 Å². The number of rotatable bonds is 15. The number of anilines is 1. The predicted molar refractivity (Wildman–Crippen MR) is 149 cm³/mol. The molecular weight excluding hydrogens is 506 g/mol. The quantitative estimate of drug-likeness (QED) is 0.204. The number of carbonyl (C=O) groups is 3. The second-order valence-corrected chi connectivity index (χ2v) is 11.3. The zero-order valence-corrected chi connectivity index (χ0v) is 24.3. The van der Waals surface area contributed by atoms with Crippen molar-refractivity contribution in [1.82, 2.24) is 0 Å². The Morgan fingerprint density at radius 2 is 1.31 bits per heavy atom. The Kier molecular flexibility index (Phi) is 14.0. The molecule has 7 nitrogen and oxygen atoms in total. The van der Waals surface area contributed by atoms with Gasteiger partial charge in [0.25, 0.3) is 0 Å². The topological polar surface area (TPSA) is 102 Å². The maximum Gasteiger partial charge on any atom is 0.326 e. The third kappa shape index (κ3) is 9.13. The van der Waals surface area contributed by atoms with Crippen LogP contribution in [0.4, 0.5) is 5.69 Å². The first-order chi connectivity index (χ1) is 16.5. The maximum atomic E-state index is 12.1. The zero-order chi connectivity index (χ0) is 26.7. The van der Waals surface area contributed by atoms with E-state index in [2.05, 4.69) is 17.9 Å². The standard InChI is InChI=1S/C25H39NO6S3/c1-8-31-24(29)17(6)34-12-19-14(3)20(13-35-18(7)25(30)32-9-2)16(5)22(15(19)4)26-21(10-11-33)23(27)28/h17-18,21,26,33H,8-13H2,1-7H3,(H,27,28)/t17?,18?,21-/m0/s1. The SMILES string of the molecule is CCOC(=O)C(C)SCc1c(C)c(CSC(C)C(=O)OCC)c(C)c(N[C@@H](CCS)C(=O)O)c1C. The molecule has 0 aliphatic rings. The molecule has 0 saturated carbocycles. The second kappa shape index (κ2) is 15.6. The van der Waals surface area contributed by atoms with Crippen molar-refractivity contribution in [2.24, 2.45) is 0 Å². The van der Waals surface area contributed by atoms with E-state index < -0.39 is 12.0 Å². The molecule has 3 atom stereocenters. The van der Waals surface area contributed by atoms with Crippen molar-refractivity contribution in [3.63, 3.8) is 0 Å². The lowest BCUT2D eigenvalue weighted by atomic mass is 9.92. The number of carboxylic acids is 1. The lowest BCUT2D eigenvalue weighted by Crippen LogP contribution is -2.30. The smallest absolute Gasteiger partial charge is 0.326 e. The van der Waals surface area contributed by atoms with Crippen molar-refractivity contribution in [1.29, 1.82) is 0 Å². The summed E-state index contributed by atoms with van der Waals surface area (Å²) in [5.74, 6) is 0.142. The van der Waals surface area contributed by atoms with Gasteiger partial charge >= 0.3 is 17.9 Å². The van der Waals surface area contributed by atoms with Crippen LogP contribution in [0.15, 0.2) is 0 Å². The molecule has 0 spiro atoms.